The number of anilines is 1. The Labute approximate surface area is 175 Å². The first-order valence-electron chi connectivity index (χ1n) is 10.3. The standard InChI is InChI=1S/C19H28N6O4S/c1-24(18-16-6-8-20-17(16)21-12-22-18)15-4-2-13(3-5-15)11-30(28,29)25-9-7-14(10-25)23-19(26)27/h6,8,12-15,23H,2-5,7,9-11H2,1H3,(H,26,27)(H,20,21,22)/t13?,14-,15?/m0/s1. The lowest BCUT2D eigenvalue weighted by Gasteiger charge is -2.35. The highest BCUT2D eigenvalue weighted by Gasteiger charge is 2.35. The zero-order valence-corrected chi connectivity index (χ0v) is 17.8. The molecule has 30 heavy (non-hydrogen) atoms. The highest BCUT2D eigenvalue weighted by Crippen LogP contribution is 2.32. The summed E-state index contributed by atoms with van der Waals surface area (Å²) in [5.74, 6) is 1.16. The van der Waals surface area contributed by atoms with E-state index in [-0.39, 0.29) is 24.3 Å². The largest absolute Gasteiger partial charge is 0.465 e. The van der Waals surface area contributed by atoms with E-state index in [1.165, 1.54) is 4.31 Å². The molecule has 1 saturated heterocycles. The molecular weight excluding hydrogens is 408 g/mol. The molecule has 11 heteroatoms. The Balaban J connectivity index is 1.32. The summed E-state index contributed by atoms with van der Waals surface area (Å²) in [6.07, 6.45) is 6.35. The summed E-state index contributed by atoms with van der Waals surface area (Å²) in [5, 5.41) is 12.2. The summed E-state index contributed by atoms with van der Waals surface area (Å²) in [5.41, 5.74) is 0.813. The molecule has 4 rings (SSSR count). The number of H-pyrrole nitrogens is 1. The van der Waals surface area contributed by atoms with E-state index in [0.717, 1.165) is 42.5 Å². The predicted octanol–water partition coefficient (Wildman–Crippen LogP) is 1.62. The van der Waals surface area contributed by atoms with Crippen molar-refractivity contribution in [2.24, 2.45) is 5.92 Å². The number of carbonyl (C=O) groups is 1. The number of hydrogen-bond acceptors (Lipinski definition) is 6. The molecule has 2 fully saturated rings. The fourth-order valence-corrected chi connectivity index (χ4v) is 6.62. The van der Waals surface area contributed by atoms with Crippen LogP contribution in [0.4, 0.5) is 10.6 Å². The first-order chi connectivity index (χ1) is 14.3. The van der Waals surface area contributed by atoms with E-state index in [2.05, 4.69) is 25.2 Å². The van der Waals surface area contributed by atoms with Gasteiger partial charge in [0.1, 0.15) is 17.8 Å². The molecule has 0 aromatic carbocycles. The number of amides is 1. The van der Waals surface area contributed by atoms with Gasteiger partial charge in [-0.05, 0) is 44.1 Å². The van der Waals surface area contributed by atoms with Gasteiger partial charge in [-0.15, -0.1) is 0 Å². The summed E-state index contributed by atoms with van der Waals surface area (Å²) in [7, 11) is -1.34. The third kappa shape index (κ3) is 4.36. The zero-order valence-electron chi connectivity index (χ0n) is 17.0. The fraction of sp³-hybridized carbons (Fsp3) is 0.632. The molecule has 2 aromatic rings. The maximum atomic E-state index is 12.8. The molecule has 1 aliphatic carbocycles. The molecule has 0 bridgehead atoms. The van der Waals surface area contributed by atoms with Gasteiger partial charge in [-0.3, -0.25) is 0 Å². The second-order valence-electron chi connectivity index (χ2n) is 8.29. The van der Waals surface area contributed by atoms with E-state index >= 15 is 0 Å². The number of nitrogens with zero attached hydrogens (tertiary/aromatic N) is 4. The summed E-state index contributed by atoms with van der Waals surface area (Å²) in [4.78, 5) is 24.8. The van der Waals surface area contributed by atoms with Crippen molar-refractivity contribution in [3.8, 4) is 0 Å². The average molecular weight is 437 g/mol. The monoisotopic (exact) mass is 436 g/mol. The average Bonchev–Trinajstić information content (AvgIpc) is 3.37. The second-order valence-corrected chi connectivity index (χ2v) is 10.3. The van der Waals surface area contributed by atoms with Crippen LogP contribution < -0.4 is 10.2 Å². The lowest BCUT2D eigenvalue weighted by atomic mass is 9.86. The number of aromatic nitrogens is 3. The number of fused-ring (bicyclic) bond motifs is 1. The van der Waals surface area contributed by atoms with Gasteiger partial charge >= 0.3 is 6.09 Å². The van der Waals surface area contributed by atoms with Crippen LogP contribution in [0.25, 0.3) is 11.0 Å². The molecule has 3 heterocycles. The number of aromatic amines is 1. The van der Waals surface area contributed by atoms with Crippen molar-refractivity contribution in [3.05, 3.63) is 18.6 Å². The molecule has 2 aromatic heterocycles. The van der Waals surface area contributed by atoms with Crippen molar-refractivity contribution in [2.75, 3.05) is 30.8 Å². The van der Waals surface area contributed by atoms with Gasteiger partial charge < -0.3 is 20.3 Å². The quantitative estimate of drug-likeness (QED) is 0.627. The van der Waals surface area contributed by atoms with E-state index in [9.17, 15) is 13.2 Å². The Kier molecular flexibility index (Phi) is 5.83. The maximum absolute atomic E-state index is 12.8. The molecule has 10 nitrogen and oxygen atoms in total. The molecule has 0 radical (unpaired) electrons. The first kappa shape index (κ1) is 20.9. The second kappa shape index (κ2) is 8.38. The van der Waals surface area contributed by atoms with Gasteiger partial charge in [-0.1, -0.05) is 0 Å². The third-order valence-corrected chi connectivity index (χ3v) is 8.36. The van der Waals surface area contributed by atoms with Crippen molar-refractivity contribution in [3.63, 3.8) is 0 Å². The summed E-state index contributed by atoms with van der Waals surface area (Å²) in [6, 6.07) is 1.97. The molecule has 164 valence electrons. The van der Waals surface area contributed by atoms with Gasteiger partial charge in [0.2, 0.25) is 10.0 Å². The van der Waals surface area contributed by atoms with Crippen LogP contribution >= 0.6 is 0 Å². The Morgan fingerprint density at radius 2 is 2.07 bits per heavy atom. The Hall–Kier alpha value is -2.40. The number of hydrogen-bond donors (Lipinski definition) is 3. The number of carboxylic acid groups (broad SMARTS) is 1. The van der Waals surface area contributed by atoms with Crippen LogP contribution in [0, 0.1) is 5.92 Å². The van der Waals surface area contributed by atoms with E-state index in [0.29, 0.717) is 19.0 Å². The Bertz CT molecular complexity index is 1000. The molecule has 0 unspecified atom stereocenters. The minimum Gasteiger partial charge on any atom is -0.465 e. The van der Waals surface area contributed by atoms with Crippen LogP contribution in [-0.4, -0.2) is 76.8 Å². The van der Waals surface area contributed by atoms with E-state index < -0.39 is 16.1 Å². The maximum Gasteiger partial charge on any atom is 0.404 e. The highest BCUT2D eigenvalue weighted by molar-refractivity contribution is 7.89. The van der Waals surface area contributed by atoms with Crippen molar-refractivity contribution >= 4 is 33.0 Å². The van der Waals surface area contributed by atoms with Crippen LogP contribution in [0.1, 0.15) is 32.1 Å². The Morgan fingerprint density at radius 1 is 1.30 bits per heavy atom. The summed E-state index contributed by atoms with van der Waals surface area (Å²) in [6.45, 7) is 0.610. The van der Waals surface area contributed by atoms with Gasteiger partial charge in [0, 0.05) is 38.4 Å². The van der Waals surface area contributed by atoms with Crippen LogP contribution in [0.3, 0.4) is 0 Å². The lowest BCUT2D eigenvalue weighted by Crippen LogP contribution is -2.40. The van der Waals surface area contributed by atoms with Gasteiger partial charge in [-0.25, -0.2) is 23.2 Å². The van der Waals surface area contributed by atoms with Crippen LogP contribution in [0.15, 0.2) is 18.6 Å². The highest BCUT2D eigenvalue weighted by atomic mass is 32.2. The summed E-state index contributed by atoms with van der Waals surface area (Å²) < 4.78 is 27.1. The number of nitrogens with one attached hydrogen (secondary N) is 2. The van der Waals surface area contributed by atoms with E-state index in [1.54, 1.807) is 6.33 Å². The van der Waals surface area contributed by atoms with Gasteiger partial charge in [0.25, 0.3) is 0 Å². The fourth-order valence-electron chi connectivity index (χ4n) is 4.69. The van der Waals surface area contributed by atoms with Crippen molar-refractivity contribution in [1.29, 1.82) is 0 Å². The van der Waals surface area contributed by atoms with Crippen molar-refractivity contribution in [2.45, 2.75) is 44.2 Å². The van der Waals surface area contributed by atoms with Gasteiger partial charge in [0.05, 0.1) is 11.1 Å². The molecule has 1 amide bonds. The first-order valence-corrected chi connectivity index (χ1v) is 11.9. The molecule has 1 aliphatic heterocycles. The topological polar surface area (TPSA) is 132 Å². The van der Waals surface area contributed by atoms with Gasteiger partial charge in [-0.2, -0.15) is 4.31 Å². The van der Waals surface area contributed by atoms with Crippen LogP contribution in [0.5, 0.6) is 0 Å². The van der Waals surface area contributed by atoms with Crippen molar-refractivity contribution in [1.82, 2.24) is 24.6 Å². The summed E-state index contributed by atoms with van der Waals surface area (Å²) >= 11 is 0. The number of rotatable bonds is 6. The minimum atomic E-state index is -3.38. The SMILES string of the molecule is CN(c1ncnc2[nH]ccc12)C1CCC(CS(=O)(=O)N2CC[C@H](NC(=O)O)C2)CC1. The predicted molar refractivity (Wildman–Crippen MR) is 113 cm³/mol. The lowest BCUT2D eigenvalue weighted by molar-refractivity contribution is 0.190. The molecular formula is C19H28N6O4S. The third-order valence-electron chi connectivity index (χ3n) is 6.35. The number of sulfonamides is 1. The molecule has 2 aliphatic rings. The van der Waals surface area contributed by atoms with Crippen LogP contribution in [0.2, 0.25) is 0 Å². The molecule has 3 N–H and O–H groups in total. The smallest absolute Gasteiger partial charge is 0.404 e. The van der Waals surface area contributed by atoms with Crippen molar-refractivity contribution < 1.29 is 18.3 Å². The molecule has 1 saturated carbocycles. The Morgan fingerprint density at radius 3 is 2.80 bits per heavy atom. The molecule has 1 atom stereocenters. The van der Waals surface area contributed by atoms with E-state index in [4.69, 9.17) is 5.11 Å². The minimum absolute atomic E-state index is 0.129. The normalized spacial score (nSPS) is 25.4. The van der Waals surface area contributed by atoms with Gasteiger partial charge in [0.15, 0.2) is 0 Å². The zero-order chi connectivity index (χ0) is 21.3. The van der Waals surface area contributed by atoms with Crippen LogP contribution in [-0.2, 0) is 10.0 Å². The molecule has 0 spiro atoms. The van der Waals surface area contributed by atoms with E-state index in [1.807, 2.05) is 19.3 Å².